The van der Waals surface area contributed by atoms with Gasteiger partial charge in [0.15, 0.2) is 0 Å². The third-order valence-electron chi connectivity index (χ3n) is 5.52. The van der Waals surface area contributed by atoms with E-state index in [1.165, 1.54) is 5.56 Å². The highest BCUT2D eigenvalue weighted by Gasteiger charge is 2.21. The van der Waals surface area contributed by atoms with Gasteiger partial charge in [0.05, 0.1) is 13.2 Å². The van der Waals surface area contributed by atoms with Crippen molar-refractivity contribution in [3.63, 3.8) is 0 Å². The van der Waals surface area contributed by atoms with Crippen LogP contribution in [0.15, 0.2) is 48.7 Å². The fourth-order valence-electron chi connectivity index (χ4n) is 3.75. The Kier molecular flexibility index (Phi) is 6.59. The SMILES string of the molecule is O=C(NCc1ccc(CN2CCOCC2)cc1)N1CCN(c2ccccn2)CC1. The van der Waals surface area contributed by atoms with Crippen LogP contribution in [0.4, 0.5) is 10.6 Å². The second-order valence-corrected chi connectivity index (χ2v) is 7.53. The first-order valence-corrected chi connectivity index (χ1v) is 10.3. The minimum absolute atomic E-state index is 0.00284. The van der Waals surface area contributed by atoms with Gasteiger partial charge in [-0.15, -0.1) is 0 Å². The predicted molar refractivity (Wildman–Crippen MR) is 113 cm³/mol. The average Bonchev–Trinajstić information content (AvgIpc) is 2.80. The second-order valence-electron chi connectivity index (χ2n) is 7.53. The van der Waals surface area contributed by atoms with Gasteiger partial charge in [-0.2, -0.15) is 0 Å². The van der Waals surface area contributed by atoms with Crippen molar-refractivity contribution in [1.29, 1.82) is 0 Å². The van der Waals surface area contributed by atoms with E-state index < -0.39 is 0 Å². The number of pyridine rings is 1. The molecule has 3 heterocycles. The lowest BCUT2D eigenvalue weighted by atomic mass is 10.1. The van der Waals surface area contributed by atoms with E-state index in [4.69, 9.17) is 4.74 Å². The van der Waals surface area contributed by atoms with E-state index in [0.717, 1.165) is 57.3 Å². The molecule has 0 saturated carbocycles. The molecular formula is C22H29N5O2. The standard InChI is InChI=1S/C22H29N5O2/c28-22(27-11-9-26(10-12-27)21-3-1-2-8-23-21)24-17-19-4-6-20(7-5-19)18-25-13-15-29-16-14-25/h1-8H,9-18H2,(H,24,28). The Morgan fingerprint density at radius 2 is 1.66 bits per heavy atom. The van der Waals surface area contributed by atoms with E-state index in [9.17, 15) is 4.79 Å². The zero-order chi connectivity index (χ0) is 19.9. The first kappa shape index (κ1) is 19.7. The van der Waals surface area contributed by atoms with Crippen LogP contribution in [0, 0.1) is 0 Å². The molecule has 0 unspecified atom stereocenters. The smallest absolute Gasteiger partial charge is 0.317 e. The molecule has 0 spiro atoms. The quantitative estimate of drug-likeness (QED) is 0.839. The first-order chi connectivity index (χ1) is 14.3. The summed E-state index contributed by atoms with van der Waals surface area (Å²) in [6.45, 7) is 8.16. The summed E-state index contributed by atoms with van der Waals surface area (Å²) in [4.78, 5) is 23.4. The topological polar surface area (TPSA) is 60.9 Å². The largest absolute Gasteiger partial charge is 0.379 e. The normalized spacial score (nSPS) is 17.9. The van der Waals surface area contributed by atoms with E-state index >= 15 is 0 Å². The van der Waals surface area contributed by atoms with Crippen LogP contribution in [0.25, 0.3) is 0 Å². The number of benzene rings is 1. The maximum absolute atomic E-state index is 12.5. The molecule has 2 fully saturated rings. The maximum atomic E-state index is 12.5. The summed E-state index contributed by atoms with van der Waals surface area (Å²) in [5.74, 6) is 0.977. The molecule has 2 aromatic rings. The lowest BCUT2D eigenvalue weighted by Gasteiger charge is -2.35. The summed E-state index contributed by atoms with van der Waals surface area (Å²) >= 11 is 0. The number of aromatic nitrogens is 1. The molecule has 2 aliphatic heterocycles. The Morgan fingerprint density at radius 3 is 2.34 bits per heavy atom. The number of amides is 2. The number of piperazine rings is 1. The Hall–Kier alpha value is -2.64. The average molecular weight is 396 g/mol. The monoisotopic (exact) mass is 395 g/mol. The van der Waals surface area contributed by atoms with Crippen LogP contribution in [0.3, 0.4) is 0 Å². The molecule has 7 heteroatoms. The van der Waals surface area contributed by atoms with Crippen LogP contribution in [-0.4, -0.2) is 73.3 Å². The van der Waals surface area contributed by atoms with Crippen LogP contribution in [0.1, 0.15) is 11.1 Å². The van der Waals surface area contributed by atoms with Crippen LogP contribution in [0.2, 0.25) is 0 Å². The van der Waals surface area contributed by atoms with Crippen molar-refractivity contribution < 1.29 is 9.53 Å². The number of nitrogens with zero attached hydrogens (tertiary/aromatic N) is 4. The van der Waals surface area contributed by atoms with Crippen molar-refractivity contribution >= 4 is 11.8 Å². The molecule has 2 saturated heterocycles. The molecule has 1 aromatic carbocycles. The van der Waals surface area contributed by atoms with Gasteiger partial charge < -0.3 is 19.9 Å². The van der Waals surface area contributed by atoms with Gasteiger partial charge in [-0.05, 0) is 23.3 Å². The van der Waals surface area contributed by atoms with Gasteiger partial charge in [-0.25, -0.2) is 9.78 Å². The summed E-state index contributed by atoms with van der Waals surface area (Å²) in [7, 11) is 0. The molecule has 0 radical (unpaired) electrons. The Balaban J connectivity index is 1.20. The molecule has 0 bridgehead atoms. The van der Waals surface area contributed by atoms with Crippen LogP contribution >= 0.6 is 0 Å². The Labute approximate surface area is 172 Å². The summed E-state index contributed by atoms with van der Waals surface area (Å²) in [5.41, 5.74) is 2.42. The number of ether oxygens (including phenoxy) is 1. The fraction of sp³-hybridized carbons (Fsp3) is 0.455. The van der Waals surface area contributed by atoms with Crippen molar-refractivity contribution in [1.82, 2.24) is 20.1 Å². The predicted octanol–water partition coefficient (Wildman–Crippen LogP) is 1.95. The van der Waals surface area contributed by atoms with E-state index in [-0.39, 0.29) is 6.03 Å². The molecule has 1 N–H and O–H groups in total. The summed E-state index contributed by atoms with van der Waals surface area (Å²) < 4.78 is 5.40. The summed E-state index contributed by atoms with van der Waals surface area (Å²) in [6, 6.07) is 14.5. The zero-order valence-electron chi connectivity index (χ0n) is 16.8. The molecule has 29 heavy (non-hydrogen) atoms. The molecule has 1 aromatic heterocycles. The first-order valence-electron chi connectivity index (χ1n) is 10.3. The lowest BCUT2D eigenvalue weighted by molar-refractivity contribution is 0.0342. The van der Waals surface area contributed by atoms with Crippen molar-refractivity contribution in [2.45, 2.75) is 13.1 Å². The minimum Gasteiger partial charge on any atom is -0.379 e. The van der Waals surface area contributed by atoms with Gasteiger partial charge in [0.25, 0.3) is 0 Å². The zero-order valence-corrected chi connectivity index (χ0v) is 16.8. The van der Waals surface area contributed by atoms with E-state index in [2.05, 4.69) is 44.4 Å². The van der Waals surface area contributed by atoms with Crippen molar-refractivity contribution in [3.8, 4) is 0 Å². The molecule has 4 rings (SSSR count). The summed E-state index contributed by atoms with van der Waals surface area (Å²) in [5, 5.41) is 3.05. The van der Waals surface area contributed by atoms with Crippen LogP contribution < -0.4 is 10.2 Å². The van der Waals surface area contributed by atoms with Crippen molar-refractivity contribution in [2.24, 2.45) is 0 Å². The fourth-order valence-corrected chi connectivity index (χ4v) is 3.75. The molecule has 2 amide bonds. The number of carbonyl (C=O) groups is 1. The minimum atomic E-state index is 0.00284. The highest BCUT2D eigenvalue weighted by atomic mass is 16.5. The number of anilines is 1. The lowest BCUT2D eigenvalue weighted by Crippen LogP contribution is -2.51. The third-order valence-corrected chi connectivity index (χ3v) is 5.52. The van der Waals surface area contributed by atoms with Gasteiger partial charge in [-0.3, -0.25) is 4.90 Å². The number of urea groups is 1. The molecule has 154 valence electrons. The number of carbonyl (C=O) groups excluding carboxylic acids is 1. The van der Waals surface area contributed by atoms with Crippen LogP contribution in [-0.2, 0) is 17.8 Å². The van der Waals surface area contributed by atoms with E-state index in [1.807, 2.05) is 23.1 Å². The maximum Gasteiger partial charge on any atom is 0.317 e. The van der Waals surface area contributed by atoms with Crippen LogP contribution in [0.5, 0.6) is 0 Å². The molecule has 2 aliphatic rings. The molecule has 7 nitrogen and oxygen atoms in total. The highest BCUT2D eigenvalue weighted by Crippen LogP contribution is 2.13. The number of hydrogen-bond acceptors (Lipinski definition) is 5. The van der Waals surface area contributed by atoms with Crippen molar-refractivity contribution in [2.75, 3.05) is 57.4 Å². The van der Waals surface area contributed by atoms with Gasteiger partial charge >= 0.3 is 6.03 Å². The van der Waals surface area contributed by atoms with Gasteiger partial charge in [-0.1, -0.05) is 30.3 Å². The summed E-state index contributed by atoms with van der Waals surface area (Å²) in [6.07, 6.45) is 1.81. The third kappa shape index (κ3) is 5.46. The van der Waals surface area contributed by atoms with Gasteiger partial charge in [0.1, 0.15) is 5.82 Å². The number of nitrogens with one attached hydrogen (secondary N) is 1. The Bertz CT molecular complexity index is 770. The van der Waals surface area contributed by atoms with E-state index in [0.29, 0.717) is 19.6 Å². The number of morpholine rings is 1. The molecular weight excluding hydrogens is 366 g/mol. The second kappa shape index (κ2) is 9.71. The number of hydrogen-bond donors (Lipinski definition) is 1. The molecule has 0 atom stereocenters. The van der Waals surface area contributed by atoms with Gasteiger partial charge in [0.2, 0.25) is 0 Å². The Morgan fingerprint density at radius 1 is 0.931 bits per heavy atom. The number of rotatable bonds is 5. The van der Waals surface area contributed by atoms with Gasteiger partial charge in [0, 0.05) is 58.6 Å². The molecule has 0 aliphatic carbocycles. The van der Waals surface area contributed by atoms with E-state index in [1.54, 1.807) is 6.20 Å². The highest BCUT2D eigenvalue weighted by molar-refractivity contribution is 5.74. The van der Waals surface area contributed by atoms with Crippen molar-refractivity contribution in [3.05, 3.63) is 59.8 Å².